The van der Waals surface area contributed by atoms with Crippen molar-refractivity contribution in [3.63, 3.8) is 0 Å². The Hall–Kier alpha value is -1.66. The van der Waals surface area contributed by atoms with E-state index in [0.29, 0.717) is 15.2 Å². The van der Waals surface area contributed by atoms with Crippen LogP contribution in [0.2, 0.25) is 10.2 Å². The lowest BCUT2D eigenvalue weighted by Crippen LogP contribution is -2.38. The summed E-state index contributed by atoms with van der Waals surface area (Å²) in [5.41, 5.74) is -1.52. The number of hydrogen-bond acceptors (Lipinski definition) is 2. The fraction of sp³-hybridized carbons (Fsp3) is 0.167. The number of benzene rings is 1. The molecule has 1 aromatic heterocycles. The summed E-state index contributed by atoms with van der Waals surface area (Å²) in [4.78, 5) is 25.8. The number of alkyl halides is 2. The van der Waals surface area contributed by atoms with Crippen molar-refractivity contribution in [2.24, 2.45) is 0 Å². The van der Waals surface area contributed by atoms with Gasteiger partial charge in [0, 0.05) is 5.02 Å². The lowest BCUT2D eigenvalue weighted by atomic mass is 10.1. The van der Waals surface area contributed by atoms with Crippen LogP contribution in [0.25, 0.3) is 11.1 Å². The Morgan fingerprint density at radius 1 is 1.15 bits per heavy atom. The summed E-state index contributed by atoms with van der Waals surface area (Å²) in [7, 11) is 0. The van der Waals surface area contributed by atoms with E-state index >= 15 is 0 Å². The molecule has 0 aliphatic rings. The Morgan fingerprint density at radius 3 is 2.30 bits per heavy atom. The van der Waals surface area contributed by atoms with E-state index in [0.717, 1.165) is 0 Å². The summed E-state index contributed by atoms with van der Waals surface area (Å²) in [5.74, 6) is 0. The number of nitrogens with one attached hydrogen (secondary N) is 1. The predicted octanol–water partition coefficient (Wildman–Crippen LogP) is 2.78. The third-order valence-corrected chi connectivity index (χ3v) is 3.13. The minimum Gasteiger partial charge on any atom is -0.297 e. The van der Waals surface area contributed by atoms with Crippen LogP contribution in [0.15, 0.2) is 33.9 Å². The van der Waals surface area contributed by atoms with Gasteiger partial charge in [-0.15, -0.1) is 0 Å². The zero-order valence-corrected chi connectivity index (χ0v) is 11.4. The maximum Gasteiger partial charge on any atom is 0.329 e. The second-order valence-electron chi connectivity index (χ2n) is 3.93. The Morgan fingerprint density at radius 2 is 1.75 bits per heavy atom. The third kappa shape index (κ3) is 2.91. The molecule has 1 N–H and O–H groups in total. The van der Waals surface area contributed by atoms with Crippen molar-refractivity contribution >= 4 is 23.2 Å². The number of hydrogen-bond donors (Lipinski definition) is 1. The summed E-state index contributed by atoms with van der Waals surface area (Å²) in [6.07, 6.45) is -2.83. The SMILES string of the molecule is O=c1[nH]c(Cl)c(-c2ccc(Cl)cc2)c(=O)n1CC(F)F. The fourth-order valence-corrected chi connectivity index (χ4v) is 2.11. The molecule has 0 radical (unpaired) electrons. The normalized spacial score (nSPS) is 11.1. The molecule has 0 aliphatic carbocycles. The van der Waals surface area contributed by atoms with Gasteiger partial charge in [-0.1, -0.05) is 35.3 Å². The number of aromatic nitrogens is 2. The van der Waals surface area contributed by atoms with Crippen molar-refractivity contribution in [2.75, 3.05) is 0 Å². The quantitative estimate of drug-likeness (QED) is 0.884. The molecule has 0 fully saturated rings. The molecule has 2 aromatic rings. The molecule has 0 bridgehead atoms. The van der Waals surface area contributed by atoms with Crippen LogP contribution in [0.5, 0.6) is 0 Å². The van der Waals surface area contributed by atoms with E-state index in [9.17, 15) is 18.4 Å². The molecule has 4 nitrogen and oxygen atoms in total. The maximum atomic E-state index is 12.4. The number of aromatic amines is 1. The highest BCUT2D eigenvalue weighted by atomic mass is 35.5. The molecule has 20 heavy (non-hydrogen) atoms. The maximum absolute atomic E-state index is 12.4. The average Bonchev–Trinajstić information content (AvgIpc) is 2.36. The number of halogens is 4. The molecule has 1 aromatic carbocycles. The van der Waals surface area contributed by atoms with Crippen LogP contribution >= 0.6 is 23.2 Å². The summed E-state index contributed by atoms with van der Waals surface area (Å²) >= 11 is 11.6. The first kappa shape index (κ1) is 14.7. The smallest absolute Gasteiger partial charge is 0.297 e. The molecule has 1 heterocycles. The Kier molecular flexibility index (Phi) is 4.25. The number of nitrogens with zero attached hydrogens (tertiary/aromatic N) is 1. The number of rotatable bonds is 3. The Bertz CT molecular complexity index is 739. The van der Waals surface area contributed by atoms with Crippen LogP contribution in [0, 0.1) is 0 Å². The van der Waals surface area contributed by atoms with Crippen molar-refractivity contribution in [3.05, 3.63) is 55.3 Å². The van der Waals surface area contributed by atoms with Crippen LogP contribution in [-0.2, 0) is 6.54 Å². The van der Waals surface area contributed by atoms with Crippen molar-refractivity contribution < 1.29 is 8.78 Å². The molecule has 0 saturated heterocycles. The minimum absolute atomic E-state index is 0.0522. The molecule has 0 unspecified atom stereocenters. The fourth-order valence-electron chi connectivity index (χ4n) is 1.72. The van der Waals surface area contributed by atoms with Crippen LogP contribution in [0.1, 0.15) is 0 Å². The van der Waals surface area contributed by atoms with E-state index in [1.165, 1.54) is 24.3 Å². The Labute approximate surface area is 121 Å². The van der Waals surface area contributed by atoms with Gasteiger partial charge in [0.15, 0.2) is 0 Å². The van der Waals surface area contributed by atoms with Crippen molar-refractivity contribution in [1.82, 2.24) is 9.55 Å². The van der Waals surface area contributed by atoms with Crippen LogP contribution < -0.4 is 11.2 Å². The molecule has 106 valence electrons. The monoisotopic (exact) mass is 320 g/mol. The van der Waals surface area contributed by atoms with Gasteiger partial charge in [-0.2, -0.15) is 0 Å². The second-order valence-corrected chi connectivity index (χ2v) is 4.75. The van der Waals surface area contributed by atoms with Gasteiger partial charge in [0.2, 0.25) is 0 Å². The highest BCUT2D eigenvalue weighted by Gasteiger charge is 2.17. The first-order chi connectivity index (χ1) is 9.40. The molecule has 0 spiro atoms. The van der Waals surface area contributed by atoms with E-state index in [2.05, 4.69) is 4.98 Å². The van der Waals surface area contributed by atoms with E-state index in [1.807, 2.05) is 0 Å². The summed E-state index contributed by atoms with van der Waals surface area (Å²) in [6.45, 7) is -0.994. The van der Waals surface area contributed by atoms with E-state index in [1.54, 1.807) is 0 Å². The van der Waals surface area contributed by atoms with Gasteiger partial charge in [0.25, 0.3) is 12.0 Å². The van der Waals surface area contributed by atoms with Crippen LogP contribution in [0.4, 0.5) is 8.78 Å². The summed E-state index contributed by atoms with van der Waals surface area (Å²) in [6, 6.07) is 6.07. The van der Waals surface area contributed by atoms with Crippen LogP contribution in [-0.4, -0.2) is 16.0 Å². The summed E-state index contributed by atoms with van der Waals surface area (Å²) < 4.78 is 25.2. The molecule has 8 heteroatoms. The standard InChI is InChI=1S/C12H8Cl2F2N2O2/c13-7-3-1-6(2-4-7)9-10(14)17-12(20)18(11(9)19)5-8(15)16/h1-4,8H,5H2,(H,17,20). The first-order valence-electron chi connectivity index (χ1n) is 5.47. The number of H-pyrrole nitrogens is 1. The third-order valence-electron chi connectivity index (χ3n) is 2.59. The molecular weight excluding hydrogens is 313 g/mol. The van der Waals surface area contributed by atoms with Gasteiger partial charge in [0.1, 0.15) is 5.15 Å². The molecule has 0 saturated carbocycles. The van der Waals surface area contributed by atoms with Gasteiger partial charge in [-0.3, -0.25) is 14.3 Å². The molecule has 0 aliphatic heterocycles. The Balaban J connectivity index is 2.67. The van der Waals surface area contributed by atoms with E-state index in [4.69, 9.17) is 23.2 Å². The molecular formula is C12H8Cl2F2N2O2. The van der Waals surface area contributed by atoms with E-state index < -0.39 is 24.2 Å². The summed E-state index contributed by atoms with van der Waals surface area (Å²) in [5, 5.41) is 0.245. The molecule has 2 rings (SSSR count). The van der Waals surface area contributed by atoms with Gasteiger partial charge in [0.05, 0.1) is 12.1 Å². The molecule has 0 atom stereocenters. The first-order valence-corrected chi connectivity index (χ1v) is 6.22. The predicted molar refractivity (Wildman–Crippen MR) is 72.8 cm³/mol. The minimum atomic E-state index is -2.83. The average molecular weight is 321 g/mol. The van der Waals surface area contributed by atoms with Gasteiger partial charge >= 0.3 is 5.69 Å². The zero-order chi connectivity index (χ0) is 14.9. The lowest BCUT2D eigenvalue weighted by Gasteiger charge is -2.08. The van der Waals surface area contributed by atoms with Gasteiger partial charge in [-0.05, 0) is 17.7 Å². The van der Waals surface area contributed by atoms with Crippen molar-refractivity contribution in [1.29, 1.82) is 0 Å². The van der Waals surface area contributed by atoms with Crippen molar-refractivity contribution in [2.45, 2.75) is 13.0 Å². The topological polar surface area (TPSA) is 54.9 Å². The highest BCUT2D eigenvalue weighted by Crippen LogP contribution is 2.23. The largest absolute Gasteiger partial charge is 0.329 e. The highest BCUT2D eigenvalue weighted by molar-refractivity contribution is 6.32. The second kappa shape index (κ2) is 5.76. The van der Waals surface area contributed by atoms with Gasteiger partial charge in [-0.25, -0.2) is 13.6 Å². The lowest BCUT2D eigenvalue weighted by molar-refractivity contribution is 0.123. The van der Waals surface area contributed by atoms with Gasteiger partial charge < -0.3 is 0 Å². The molecule has 0 amide bonds. The van der Waals surface area contributed by atoms with Crippen LogP contribution in [0.3, 0.4) is 0 Å². The van der Waals surface area contributed by atoms with Crippen molar-refractivity contribution in [3.8, 4) is 11.1 Å². The zero-order valence-electron chi connectivity index (χ0n) is 9.87. The van der Waals surface area contributed by atoms with E-state index in [-0.39, 0.29) is 10.7 Å².